The van der Waals surface area contributed by atoms with Gasteiger partial charge in [-0.15, -0.1) is 0 Å². The van der Waals surface area contributed by atoms with Crippen LogP contribution in [-0.2, 0) is 4.79 Å². The highest BCUT2D eigenvalue weighted by Crippen LogP contribution is 2.13. The Labute approximate surface area is 117 Å². The second-order valence-corrected chi connectivity index (χ2v) is 4.45. The van der Waals surface area contributed by atoms with Gasteiger partial charge in [-0.25, -0.2) is 4.79 Å². The van der Waals surface area contributed by atoms with Crippen molar-refractivity contribution in [3.05, 3.63) is 76.9 Å². The summed E-state index contributed by atoms with van der Waals surface area (Å²) in [5.74, 6) is -0.995. The summed E-state index contributed by atoms with van der Waals surface area (Å²) in [4.78, 5) is 22.9. The first kappa shape index (κ1) is 13.7. The van der Waals surface area contributed by atoms with Crippen molar-refractivity contribution < 1.29 is 14.7 Å². The fraction of sp³-hybridized carbons (Fsp3) is 0.0588. The number of rotatable bonds is 4. The van der Waals surface area contributed by atoms with Gasteiger partial charge in [-0.1, -0.05) is 54.6 Å². The van der Waals surface area contributed by atoms with E-state index in [1.54, 1.807) is 42.5 Å². The maximum Gasteiger partial charge on any atom is 0.331 e. The molecule has 0 saturated heterocycles. The van der Waals surface area contributed by atoms with Crippen molar-refractivity contribution in [3.8, 4) is 0 Å². The highest BCUT2D eigenvalue weighted by molar-refractivity contribution is 6.09. The molecule has 2 aromatic rings. The van der Waals surface area contributed by atoms with Crippen LogP contribution in [0.25, 0.3) is 6.08 Å². The lowest BCUT2D eigenvalue weighted by Crippen LogP contribution is -2.00. The van der Waals surface area contributed by atoms with Crippen molar-refractivity contribution in [1.29, 1.82) is 0 Å². The molecule has 20 heavy (non-hydrogen) atoms. The molecule has 0 atom stereocenters. The largest absolute Gasteiger partial charge is 0.478 e. The molecule has 1 N–H and O–H groups in total. The molecule has 100 valence electrons. The van der Waals surface area contributed by atoms with E-state index in [-0.39, 0.29) is 11.4 Å². The highest BCUT2D eigenvalue weighted by Gasteiger charge is 2.08. The van der Waals surface area contributed by atoms with Gasteiger partial charge in [-0.05, 0) is 18.6 Å². The summed E-state index contributed by atoms with van der Waals surface area (Å²) in [6.45, 7) is 1.53. The molecule has 0 spiro atoms. The Morgan fingerprint density at radius 3 is 2.00 bits per heavy atom. The number of carboxylic acid groups (broad SMARTS) is 1. The number of benzene rings is 2. The third-order valence-electron chi connectivity index (χ3n) is 2.93. The van der Waals surface area contributed by atoms with Crippen molar-refractivity contribution in [3.63, 3.8) is 0 Å². The van der Waals surface area contributed by atoms with Crippen molar-refractivity contribution >= 4 is 17.8 Å². The van der Waals surface area contributed by atoms with Gasteiger partial charge in [0, 0.05) is 16.7 Å². The zero-order valence-corrected chi connectivity index (χ0v) is 11.0. The lowest BCUT2D eigenvalue weighted by Gasteiger charge is -2.02. The summed E-state index contributed by atoms with van der Waals surface area (Å²) >= 11 is 0. The van der Waals surface area contributed by atoms with Crippen LogP contribution in [0.3, 0.4) is 0 Å². The molecule has 0 aliphatic carbocycles. The van der Waals surface area contributed by atoms with Gasteiger partial charge >= 0.3 is 5.97 Å². The van der Waals surface area contributed by atoms with E-state index in [1.807, 2.05) is 18.2 Å². The molecule has 0 saturated carbocycles. The molecule has 3 nitrogen and oxygen atoms in total. The van der Waals surface area contributed by atoms with Crippen LogP contribution in [0.15, 0.2) is 60.2 Å². The highest BCUT2D eigenvalue weighted by atomic mass is 16.4. The quantitative estimate of drug-likeness (QED) is 0.681. The molecule has 2 aromatic carbocycles. The average Bonchev–Trinajstić information content (AvgIpc) is 2.48. The van der Waals surface area contributed by atoms with Crippen LogP contribution in [-0.4, -0.2) is 16.9 Å². The van der Waals surface area contributed by atoms with E-state index in [0.717, 1.165) is 5.56 Å². The predicted octanol–water partition coefficient (Wildman–Crippen LogP) is 3.41. The number of hydrogen-bond donors (Lipinski definition) is 1. The number of hydrogen-bond acceptors (Lipinski definition) is 2. The van der Waals surface area contributed by atoms with Gasteiger partial charge in [0.05, 0.1) is 0 Å². The van der Waals surface area contributed by atoms with E-state index in [9.17, 15) is 9.59 Å². The standard InChI is InChI=1S/C17H14O3/c1-12(17(19)20)11-13-7-9-15(10-8-13)16(18)14-5-3-2-4-6-14/h2-11H,1H3,(H,19,20)/b12-11+. The van der Waals surface area contributed by atoms with Crippen LogP contribution < -0.4 is 0 Å². The molecular formula is C17H14O3. The van der Waals surface area contributed by atoms with Gasteiger partial charge in [0.2, 0.25) is 0 Å². The van der Waals surface area contributed by atoms with E-state index in [4.69, 9.17) is 5.11 Å². The first-order valence-corrected chi connectivity index (χ1v) is 6.19. The van der Waals surface area contributed by atoms with Gasteiger partial charge in [0.1, 0.15) is 0 Å². The SMILES string of the molecule is C/C(=C\c1ccc(C(=O)c2ccccc2)cc1)C(=O)O. The molecule has 0 aliphatic rings. The summed E-state index contributed by atoms with van der Waals surface area (Å²) in [6, 6.07) is 15.9. The molecule has 0 heterocycles. The Balaban J connectivity index is 2.23. The summed E-state index contributed by atoms with van der Waals surface area (Å²) < 4.78 is 0. The molecule has 0 fully saturated rings. The zero-order chi connectivity index (χ0) is 14.5. The summed E-state index contributed by atoms with van der Waals surface area (Å²) in [5.41, 5.74) is 2.24. The van der Waals surface area contributed by atoms with Crippen molar-refractivity contribution in [2.24, 2.45) is 0 Å². The van der Waals surface area contributed by atoms with E-state index in [2.05, 4.69) is 0 Å². The summed E-state index contributed by atoms with van der Waals surface area (Å²) in [5, 5.41) is 8.81. The molecule has 0 aliphatic heterocycles. The van der Waals surface area contributed by atoms with E-state index < -0.39 is 5.97 Å². The molecule has 0 aromatic heterocycles. The Morgan fingerprint density at radius 1 is 0.900 bits per heavy atom. The summed E-state index contributed by atoms with van der Waals surface area (Å²) in [6.07, 6.45) is 1.57. The lowest BCUT2D eigenvalue weighted by atomic mass is 10.0. The number of carboxylic acids is 1. The Kier molecular flexibility index (Phi) is 4.11. The molecule has 0 amide bonds. The minimum Gasteiger partial charge on any atom is -0.478 e. The Hall–Kier alpha value is -2.68. The van der Waals surface area contributed by atoms with E-state index in [0.29, 0.717) is 11.1 Å². The van der Waals surface area contributed by atoms with Gasteiger partial charge in [0.15, 0.2) is 5.78 Å². The van der Waals surface area contributed by atoms with Gasteiger partial charge in [-0.3, -0.25) is 4.79 Å². The minimum atomic E-state index is -0.950. The number of carbonyl (C=O) groups is 2. The van der Waals surface area contributed by atoms with Crippen molar-refractivity contribution in [2.45, 2.75) is 6.92 Å². The Bertz CT molecular complexity index is 652. The van der Waals surface area contributed by atoms with Crippen LogP contribution in [0.4, 0.5) is 0 Å². The minimum absolute atomic E-state index is 0.0453. The third kappa shape index (κ3) is 3.20. The zero-order valence-electron chi connectivity index (χ0n) is 11.0. The fourth-order valence-corrected chi connectivity index (χ4v) is 1.80. The van der Waals surface area contributed by atoms with Crippen LogP contribution >= 0.6 is 0 Å². The third-order valence-corrected chi connectivity index (χ3v) is 2.93. The predicted molar refractivity (Wildman–Crippen MR) is 77.6 cm³/mol. The van der Waals surface area contributed by atoms with Crippen LogP contribution in [0.2, 0.25) is 0 Å². The Morgan fingerprint density at radius 2 is 1.45 bits per heavy atom. The van der Waals surface area contributed by atoms with Crippen LogP contribution in [0, 0.1) is 0 Å². The topological polar surface area (TPSA) is 54.4 Å². The van der Waals surface area contributed by atoms with Crippen LogP contribution in [0.1, 0.15) is 28.4 Å². The monoisotopic (exact) mass is 266 g/mol. The maximum atomic E-state index is 12.2. The molecule has 3 heteroatoms. The van der Waals surface area contributed by atoms with Crippen molar-refractivity contribution in [1.82, 2.24) is 0 Å². The molecular weight excluding hydrogens is 252 g/mol. The lowest BCUT2D eigenvalue weighted by molar-refractivity contribution is -0.132. The first-order valence-electron chi connectivity index (χ1n) is 6.19. The smallest absolute Gasteiger partial charge is 0.331 e. The van der Waals surface area contributed by atoms with Crippen molar-refractivity contribution in [2.75, 3.05) is 0 Å². The molecule has 0 unspecified atom stereocenters. The summed E-state index contributed by atoms with van der Waals surface area (Å²) in [7, 11) is 0. The van der Waals surface area contributed by atoms with E-state index >= 15 is 0 Å². The first-order chi connectivity index (χ1) is 9.58. The fourth-order valence-electron chi connectivity index (χ4n) is 1.80. The number of aliphatic carboxylic acids is 1. The van der Waals surface area contributed by atoms with Gasteiger partial charge in [-0.2, -0.15) is 0 Å². The maximum absolute atomic E-state index is 12.2. The molecule has 0 bridgehead atoms. The normalized spacial score (nSPS) is 11.2. The number of carbonyl (C=O) groups excluding carboxylic acids is 1. The molecule has 2 rings (SSSR count). The average molecular weight is 266 g/mol. The van der Waals surface area contributed by atoms with Gasteiger partial charge < -0.3 is 5.11 Å². The molecule has 0 radical (unpaired) electrons. The van der Waals surface area contributed by atoms with Gasteiger partial charge in [0.25, 0.3) is 0 Å². The second kappa shape index (κ2) is 5.97. The second-order valence-electron chi connectivity index (χ2n) is 4.45. The van der Waals surface area contributed by atoms with Crippen LogP contribution in [0.5, 0.6) is 0 Å². The van der Waals surface area contributed by atoms with E-state index in [1.165, 1.54) is 6.92 Å². The number of ketones is 1.